The number of carbonyl (C=O) groups is 1. The molecular formula is C12H15N5O2. The topological polar surface area (TPSA) is 95.1 Å². The van der Waals surface area contributed by atoms with Crippen molar-refractivity contribution in [1.82, 2.24) is 14.5 Å². The number of anilines is 2. The van der Waals surface area contributed by atoms with Gasteiger partial charge in [0.05, 0.1) is 19.1 Å². The van der Waals surface area contributed by atoms with E-state index in [0.29, 0.717) is 18.1 Å². The van der Waals surface area contributed by atoms with Crippen LogP contribution in [-0.4, -0.2) is 34.2 Å². The first-order valence-corrected chi connectivity index (χ1v) is 5.75. The molecule has 0 bridgehead atoms. The van der Waals surface area contributed by atoms with E-state index in [1.165, 1.54) is 13.2 Å². The summed E-state index contributed by atoms with van der Waals surface area (Å²) >= 11 is 0. The molecule has 0 fully saturated rings. The van der Waals surface area contributed by atoms with Crippen molar-refractivity contribution in [1.29, 1.82) is 0 Å². The van der Waals surface area contributed by atoms with Gasteiger partial charge in [-0.3, -0.25) is 0 Å². The zero-order valence-electron chi connectivity index (χ0n) is 10.5. The summed E-state index contributed by atoms with van der Waals surface area (Å²) in [4.78, 5) is 19.4. The molecule has 3 N–H and O–H groups in total. The molecule has 0 aliphatic rings. The van der Waals surface area contributed by atoms with E-state index in [-0.39, 0.29) is 5.69 Å². The van der Waals surface area contributed by atoms with Gasteiger partial charge in [0.1, 0.15) is 5.82 Å². The molecule has 2 heterocycles. The van der Waals surface area contributed by atoms with Crippen LogP contribution >= 0.6 is 0 Å². The Bertz CT molecular complexity index is 553. The van der Waals surface area contributed by atoms with E-state index in [0.717, 1.165) is 6.54 Å². The lowest BCUT2D eigenvalue weighted by Gasteiger charge is -2.09. The van der Waals surface area contributed by atoms with E-state index < -0.39 is 5.97 Å². The van der Waals surface area contributed by atoms with Crippen molar-refractivity contribution in [3.8, 4) is 0 Å². The second kappa shape index (κ2) is 5.85. The maximum atomic E-state index is 11.4. The number of aromatic nitrogens is 3. The summed E-state index contributed by atoms with van der Waals surface area (Å²) in [5, 5.41) is 3.08. The largest absolute Gasteiger partial charge is 0.464 e. The average molecular weight is 261 g/mol. The van der Waals surface area contributed by atoms with E-state index >= 15 is 0 Å². The van der Waals surface area contributed by atoms with Crippen molar-refractivity contribution < 1.29 is 9.53 Å². The normalized spacial score (nSPS) is 10.2. The zero-order valence-corrected chi connectivity index (χ0v) is 10.5. The summed E-state index contributed by atoms with van der Waals surface area (Å²) in [5.41, 5.74) is 6.50. The smallest absolute Gasteiger partial charge is 0.356 e. The second-order valence-electron chi connectivity index (χ2n) is 3.85. The molecule has 7 heteroatoms. The maximum Gasteiger partial charge on any atom is 0.356 e. The highest BCUT2D eigenvalue weighted by Crippen LogP contribution is 2.15. The molecule has 100 valence electrons. The van der Waals surface area contributed by atoms with Gasteiger partial charge in [-0.15, -0.1) is 0 Å². The van der Waals surface area contributed by atoms with Crippen molar-refractivity contribution in [3.05, 3.63) is 36.5 Å². The molecule has 0 amide bonds. The van der Waals surface area contributed by atoms with E-state index in [1.54, 1.807) is 18.6 Å². The molecule has 19 heavy (non-hydrogen) atoms. The molecule has 2 rings (SSSR count). The first-order chi connectivity index (χ1) is 9.20. The van der Waals surface area contributed by atoms with Gasteiger partial charge in [-0.2, -0.15) is 0 Å². The third kappa shape index (κ3) is 3.21. The van der Waals surface area contributed by atoms with Crippen LogP contribution in [0.1, 0.15) is 10.5 Å². The summed E-state index contributed by atoms with van der Waals surface area (Å²) in [7, 11) is 1.31. The monoisotopic (exact) mass is 261 g/mol. The minimum absolute atomic E-state index is 0.224. The lowest BCUT2D eigenvalue weighted by molar-refractivity contribution is 0.0594. The highest BCUT2D eigenvalue weighted by molar-refractivity contribution is 5.88. The van der Waals surface area contributed by atoms with E-state index in [9.17, 15) is 4.79 Å². The zero-order chi connectivity index (χ0) is 13.7. The van der Waals surface area contributed by atoms with Crippen LogP contribution in [0, 0.1) is 0 Å². The van der Waals surface area contributed by atoms with Crippen LogP contribution in [0.3, 0.4) is 0 Å². The Labute approximate surface area is 110 Å². The predicted octanol–water partition coefficient (Wildman–Crippen LogP) is 0.759. The number of imidazole rings is 1. The molecule has 0 aliphatic carbocycles. The van der Waals surface area contributed by atoms with Crippen LogP contribution < -0.4 is 11.1 Å². The van der Waals surface area contributed by atoms with Gasteiger partial charge in [0.15, 0.2) is 5.69 Å². The van der Waals surface area contributed by atoms with Gasteiger partial charge in [-0.25, -0.2) is 14.8 Å². The van der Waals surface area contributed by atoms with Gasteiger partial charge in [0, 0.05) is 25.5 Å². The first kappa shape index (κ1) is 12.9. The van der Waals surface area contributed by atoms with Gasteiger partial charge in [-0.05, 0) is 12.1 Å². The first-order valence-electron chi connectivity index (χ1n) is 5.75. The number of rotatable bonds is 5. The maximum absolute atomic E-state index is 11.4. The number of nitrogens with two attached hydrogens (primary N) is 1. The summed E-state index contributed by atoms with van der Waals surface area (Å²) in [6.07, 6.45) is 5.30. The minimum Gasteiger partial charge on any atom is -0.464 e. The Balaban J connectivity index is 2.00. The Kier molecular flexibility index (Phi) is 3.97. The molecule has 0 atom stereocenters. The molecule has 0 unspecified atom stereocenters. The Hall–Kier alpha value is -2.57. The number of hydrogen-bond donors (Lipinski definition) is 2. The molecule has 0 saturated heterocycles. The molecule has 0 aliphatic heterocycles. The molecule has 0 saturated carbocycles. The molecule has 0 radical (unpaired) electrons. The van der Waals surface area contributed by atoms with Crippen LogP contribution in [0.2, 0.25) is 0 Å². The number of nitrogens with zero attached hydrogens (tertiary/aromatic N) is 3. The number of hydrogen-bond acceptors (Lipinski definition) is 6. The summed E-state index contributed by atoms with van der Waals surface area (Å²) in [6.45, 7) is 1.35. The predicted molar refractivity (Wildman–Crippen MR) is 70.7 cm³/mol. The molecular weight excluding hydrogens is 246 g/mol. The molecule has 0 aromatic carbocycles. The second-order valence-corrected chi connectivity index (χ2v) is 3.85. The van der Waals surface area contributed by atoms with Gasteiger partial charge in [0.2, 0.25) is 0 Å². The van der Waals surface area contributed by atoms with E-state index in [2.05, 4.69) is 20.0 Å². The lowest BCUT2D eigenvalue weighted by Crippen LogP contribution is -2.13. The van der Waals surface area contributed by atoms with Gasteiger partial charge < -0.3 is 20.4 Å². The Morgan fingerprint density at radius 2 is 2.37 bits per heavy atom. The van der Waals surface area contributed by atoms with Crippen LogP contribution in [0.25, 0.3) is 0 Å². The molecule has 2 aromatic rings. The highest BCUT2D eigenvalue weighted by atomic mass is 16.5. The van der Waals surface area contributed by atoms with Gasteiger partial charge in [-0.1, -0.05) is 0 Å². The van der Waals surface area contributed by atoms with Crippen molar-refractivity contribution in [3.63, 3.8) is 0 Å². The SMILES string of the molecule is COC(=O)c1ccc(N)c(NCCn2ccnc2)n1. The fourth-order valence-electron chi connectivity index (χ4n) is 1.55. The minimum atomic E-state index is -0.488. The summed E-state index contributed by atoms with van der Waals surface area (Å²) in [6, 6.07) is 3.15. The number of carbonyl (C=O) groups excluding carboxylic acids is 1. The van der Waals surface area contributed by atoms with Crippen molar-refractivity contribution in [2.24, 2.45) is 0 Å². The summed E-state index contributed by atoms with van der Waals surface area (Å²) in [5.74, 6) is -0.0133. The van der Waals surface area contributed by atoms with Crippen molar-refractivity contribution in [2.45, 2.75) is 6.54 Å². The number of pyridine rings is 1. The number of ether oxygens (including phenoxy) is 1. The Morgan fingerprint density at radius 1 is 1.53 bits per heavy atom. The lowest BCUT2D eigenvalue weighted by atomic mass is 10.3. The average Bonchev–Trinajstić information content (AvgIpc) is 2.93. The van der Waals surface area contributed by atoms with Crippen LogP contribution in [0.4, 0.5) is 11.5 Å². The van der Waals surface area contributed by atoms with E-state index in [4.69, 9.17) is 5.73 Å². The fourth-order valence-corrected chi connectivity index (χ4v) is 1.55. The van der Waals surface area contributed by atoms with Gasteiger partial charge >= 0.3 is 5.97 Å². The molecule has 0 spiro atoms. The number of esters is 1. The fraction of sp³-hybridized carbons (Fsp3) is 0.250. The van der Waals surface area contributed by atoms with Crippen LogP contribution in [0.5, 0.6) is 0 Å². The van der Waals surface area contributed by atoms with Gasteiger partial charge in [0.25, 0.3) is 0 Å². The molecule has 7 nitrogen and oxygen atoms in total. The van der Waals surface area contributed by atoms with Crippen LogP contribution in [0.15, 0.2) is 30.9 Å². The standard InChI is InChI=1S/C12H15N5O2/c1-19-12(18)10-3-2-9(13)11(16-10)15-5-7-17-6-4-14-8-17/h2-4,6,8H,5,7,13H2,1H3,(H,15,16). The molecule has 2 aromatic heterocycles. The third-order valence-corrected chi connectivity index (χ3v) is 2.54. The quantitative estimate of drug-likeness (QED) is 0.771. The van der Waals surface area contributed by atoms with Crippen molar-refractivity contribution >= 4 is 17.5 Å². The number of nitrogens with one attached hydrogen (secondary N) is 1. The van der Waals surface area contributed by atoms with Crippen LogP contribution in [-0.2, 0) is 11.3 Å². The Morgan fingerprint density at radius 3 is 3.05 bits per heavy atom. The third-order valence-electron chi connectivity index (χ3n) is 2.54. The summed E-state index contributed by atoms with van der Waals surface area (Å²) < 4.78 is 6.54. The number of methoxy groups -OCH3 is 1. The highest BCUT2D eigenvalue weighted by Gasteiger charge is 2.09. The number of nitrogen functional groups attached to an aromatic ring is 1. The van der Waals surface area contributed by atoms with Crippen molar-refractivity contribution in [2.75, 3.05) is 24.7 Å². The van der Waals surface area contributed by atoms with E-state index in [1.807, 2.05) is 10.8 Å².